The third-order valence-corrected chi connectivity index (χ3v) is 11.0. The molecule has 0 N–H and O–H groups in total. The van der Waals surface area contributed by atoms with Crippen LogP contribution in [-0.4, -0.2) is 0 Å². The van der Waals surface area contributed by atoms with Crippen molar-refractivity contribution in [3.63, 3.8) is 0 Å². The Morgan fingerprint density at radius 2 is 0.538 bits per heavy atom. The molecule has 11 aromatic rings. The first-order valence-electron chi connectivity index (χ1n) is 18.4. The number of benzene rings is 11. The molecule has 0 unspecified atom stereocenters. The molecule has 0 radical (unpaired) electrons. The van der Waals surface area contributed by atoms with Crippen LogP contribution in [0.15, 0.2) is 182 Å². The van der Waals surface area contributed by atoms with Gasteiger partial charge in [-0.15, -0.1) is 0 Å². The Kier molecular flexibility index (Phi) is 7.05. The van der Waals surface area contributed by atoms with E-state index in [1.165, 1.54) is 108 Å². The molecule has 0 aliphatic heterocycles. The largest absolute Gasteiger partial charge is 0.0683 e. The highest BCUT2D eigenvalue weighted by Gasteiger charge is 2.20. The van der Waals surface area contributed by atoms with Gasteiger partial charge in [-0.2, -0.15) is 0 Å². The van der Waals surface area contributed by atoms with Gasteiger partial charge in [0, 0.05) is 0 Å². The maximum atomic E-state index is 2.36. The van der Waals surface area contributed by atoms with Crippen LogP contribution in [0.1, 0.15) is 13.8 Å². The van der Waals surface area contributed by atoms with Gasteiger partial charge in [0.05, 0.1) is 0 Å². The molecule has 11 rings (SSSR count). The molecule has 0 spiro atoms. The first-order chi connectivity index (χ1) is 25.8. The molecule has 0 nitrogen and oxygen atoms in total. The van der Waals surface area contributed by atoms with E-state index in [-0.39, 0.29) is 0 Å². The zero-order valence-corrected chi connectivity index (χ0v) is 29.3. The van der Waals surface area contributed by atoms with Gasteiger partial charge < -0.3 is 0 Å². The quantitative estimate of drug-likeness (QED) is 0.128. The van der Waals surface area contributed by atoms with Crippen LogP contribution >= 0.6 is 0 Å². The predicted molar refractivity (Wildman–Crippen MR) is 229 cm³/mol. The lowest BCUT2D eigenvalue weighted by Gasteiger charge is -2.20. The topological polar surface area (TPSA) is 0 Å². The standard InChI is InChI=1S/C50H30.C2H6/c1-3-13-33-29-47-35(27-31(33)11-1)23-25-39-37(47)19-9-21-41(39)49-43-15-5-7-17-45(43)50(46-18-8-6-16-44(46)49)42-22-10-20-38-40(42)26-24-36-28-32-12-2-4-14-34(32)30-48(36)38;1-2/h1-30H;1-2H3. The third kappa shape index (κ3) is 4.54. The van der Waals surface area contributed by atoms with Crippen LogP contribution in [0.3, 0.4) is 0 Å². The highest BCUT2D eigenvalue weighted by molar-refractivity contribution is 6.27. The monoisotopic (exact) mass is 660 g/mol. The van der Waals surface area contributed by atoms with Crippen LogP contribution in [-0.2, 0) is 0 Å². The summed E-state index contributed by atoms with van der Waals surface area (Å²) >= 11 is 0. The molecular formula is C52H36. The molecule has 0 saturated heterocycles. The van der Waals surface area contributed by atoms with Crippen molar-refractivity contribution in [2.45, 2.75) is 13.8 Å². The summed E-state index contributed by atoms with van der Waals surface area (Å²) in [5.74, 6) is 0. The first kappa shape index (κ1) is 30.3. The fourth-order valence-electron chi connectivity index (χ4n) is 8.71. The van der Waals surface area contributed by atoms with Crippen LogP contribution in [0.25, 0.3) is 108 Å². The van der Waals surface area contributed by atoms with Crippen molar-refractivity contribution >= 4 is 86.2 Å². The van der Waals surface area contributed by atoms with Crippen molar-refractivity contribution in [2.24, 2.45) is 0 Å². The van der Waals surface area contributed by atoms with Gasteiger partial charge in [-0.3, -0.25) is 0 Å². The number of hydrogen-bond acceptors (Lipinski definition) is 0. The molecule has 0 saturated carbocycles. The Bertz CT molecular complexity index is 2930. The van der Waals surface area contributed by atoms with E-state index in [0.29, 0.717) is 0 Å². The Morgan fingerprint density at radius 1 is 0.212 bits per heavy atom. The minimum absolute atomic E-state index is 1.27. The normalized spacial score (nSPS) is 11.7. The fraction of sp³-hybridized carbons (Fsp3) is 0.0385. The second-order valence-electron chi connectivity index (χ2n) is 13.6. The fourth-order valence-corrected chi connectivity index (χ4v) is 8.71. The van der Waals surface area contributed by atoms with Crippen molar-refractivity contribution in [3.05, 3.63) is 182 Å². The molecule has 11 aromatic carbocycles. The Morgan fingerprint density at radius 3 is 0.923 bits per heavy atom. The number of fused-ring (bicyclic) bond motifs is 10. The summed E-state index contributed by atoms with van der Waals surface area (Å²) in [5.41, 5.74) is 5.13. The van der Waals surface area contributed by atoms with E-state index >= 15 is 0 Å². The minimum Gasteiger partial charge on any atom is -0.0683 e. The summed E-state index contributed by atoms with van der Waals surface area (Å²) < 4.78 is 0. The van der Waals surface area contributed by atoms with Crippen molar-refractivity contribution < 1.29 is 0 Å². The second-order valence-corrected chi connectivity index (χ2v) is 13.6. The summed E-state index contributed by atoms with van der Waals surface area (Å²) in [6.45, 7) is 4.00. The Hall–Kier alpha value is -6.50. The average molecular weight is 661 g/mol. The molecule has 0 aromatic heterocycles. The third-order valence-electron chi connectivity index (χ3n) is 11.0. The molecule has 0 bridgehead atoms. The summed E-state index contributed by atoms with van der Waals surface area (Å²) in [7, 11) is 0. The van der Waals surface area contributed by atoms with Crippen molar-refractivity contribution in [2.75, 3.05) is 0 Å². The molecular weight excluding hydrogens is 625 g/mol. The number of hydrogen-bond donors (Lipinski definition) is 0. The summed E-state index contributed by atoms with van der Waals surface area (Å²) in [6, 6.07) is 67.7. The predicted octanol–water partition coefficient (Wildman–Crippen LogP) is 15.3. The van der Waals surface area contributed by atoms with Crippen LogP contribution in [0.2, 0.25) is 0 Å². The highest BCUT2D eigenvalue weighted by atomic mass is 14.2. The number of rotatable bonds is 2. The smallest absolute Gasteiger partial charge is 0.00201 e. The molecule has 0 atom stereocenters. The van der Waals surface area contributed by atoms with E-state index < -0.39 is 0 Å². The van der Waals surface area contributed by atoms with Crippen molar-refractivity contribution in [3.8, 4) is 22.3 Å². The lowest BCUT2D eigenvalue weighted by atomic mass is 9.83. The van der Waals surface area contributed by atoms with E-state index in [2.05, 4.69) is 182 Å². The molecule has 0 amide bonds. The van der Waals surface area contributed by atoms with Crippen molar-refractivity contribution in [1.29, 1.82) is 0 Å². The lowest BCUT2D eigenvalue weighted by molar-refractivity contribution is 1.50. The zero-order valence-electron chi connectivity index (χ0n) is 29.3. The van der Waals surface area contributed by atoms with Crippen LogP contribution in [0, 0.1) is 0 Å². The van der Waals surface area contributed by atoms with Crippen LogP contribution in [0.4, 0.5) is 0 Å². The van der Waals surface area contributed by atoms with E-state index in [1.54, 1.807) is 0 Å². The van der Waals surface area contributed by atoms with E-state index in [9.17, 15) is 0 Å². The van der Waals surface area contributed by atoms with E-state index in [1.807, 2.05) is 13.8 Å². The molecule has 0 fully saturated rings. The molecule has 0 heteroatoms. The average Bonchev–Trinajstić information content (AvgIpc) is 3.21. The molecule has 0 aliphatic rings. The second kappa shape index (κ2) is 12.1. The van der Waals surface area contributed by atoms with E-state index in [0.717, 1.165) is 0 Å². The van der Waals surface area contributed by atoms with Gasteiger partial charge in [-0.05, 0) is 133 Å². The molecule has 52 heavy (non-hydrogen) atoms. The Labute approximate surface area is 303 Å². The minimum atomic E-state index is 1.27. The molecule has 244 valence electrons. The first-order valence-corrected chi connectivity index (χ1v) is 18.4. The SMILES string of the molecule is CC.c1ccc2cc3c(ccc4c(-c5c6ccccc6c(-c6cccc7c6ccc6cc8ccccc8cc67)c6ccccc56)cccc43)cc2c1. The van der Waals surface area contributed by atoms with Crippen molar-refractivity contribution in [1.82, 2.24) is 0 Å². The summed E-state index contributed by atoms with van der Waals surface area (Å²) in [4.78, 5) is 0. The molecule has 0 heterocycles. The van der Waals surface area contributed by atoms with Gasteiger partial charge in [0.1, 0.15) is 0 Å². The van der Waals surface area contributed by atoms with Gasteiger partial charge >= 0.3 is 0 Å². The van der Waals surface area contributed by atoms with Gasteiger partial charge in [0.2, 0.25) is 0 Å². The van der Waals surface area contributed by atoms with Crippen LogP contribution in [0.5, 0.6) is 0 Å². The molecule has 0 aliphatic carbocycles. The maximum absolute atomic E-state index is 2.36. The maximum Gasteiger partial charge on any atom is -0.00201 e. The highest BCUT2D eigenvalue weighted by Crippen LogP contribution is 2.47. The lowest BCUT2D eigenvalue weighted by Crippen LogP contribution is -1.92. The van der Waals surface area contributed by atoms with E-state index in [4.69, 9.17) is 0 Å². The summed E-state index contributed by atoms with van der Waals surface area (Å²) in [5, 5.41) is 20.5. The van der Waals surface area contributed by atoms with Gasteiger partial charge in [0.25, 0.3) is 0 Å². The van der Waals surface area contributed by atoms with Gasteiger partial charge in [-0.25, -0.2) is 0 Å². The summed E-state index contributed by atoms with van der Waals surface area (Å²) in [6.07, 6.45) is 0. The van der Waals surface area contributed by atoms with Gasteiger partial charge in [-0.1, -0.05) is 172 Å². The van der Waals surface area contributed by atoms with Gasteiger partial charge in [0.15, 0.2) is 0 Å². The zero-order chi connectivity index (χ0) is 34.8. The Balaban J connectivity index is 0.00000166. The van der Waals surface area contributed by atoms with Crippen LogP contribution < -0.4 is 0 Å².